The van der Waals surface area contributed by atoms with Crippen molar-refractivity contribution in [2.45, 2.75) is 34.6 Å². The van der Waals surface area contributed by atoms with Gasteiger partial charge in [-0.1, -0.05) is 39.0 Å². The molecule has 0 unspecified atom stereocenters. The summed E-state index contributed by atoms with van der Waals surface area (Å²) in [4.78, 5) is 23.8. The number of Topliss-reactive ketones (excluding diaryl/α,β-unsaturated/α-hetero) is 1. The fourth-order valence-electron chi connectivity index (χ4n) is 1.69. The molecule has 1 N–H and O–H groups in total. The van der Waals surface area contributed by atoms with Crippen LogP contribution in [0.25, 0.3) is 0 Å². The maximum atomic E-state index is 12.1. The number of aryl methyl sites for hydroxylation is 2. The van der Waals surface area contributed by atoms with E-state index in [2.05, 4.69) is 5.32 Å². The summed E-state index contributed by atoms with van der Waals surface area (Å²) in [5, 5.41) is 2.70. The topological polar surface area (TPSA) is 46.2 Å². The summed E-state index contributed by atoms with van der Waals surface area (Å²) < 4.78 is 0. The molecule has 3 heteroatoms. The van der Waals surface area contributed by atoms with Crippen molar-refractivity contribution in [2.75, 3.05) is 6.54 Å². The second kappa shape index (κ2) is 5.34. The summed E-state index contributed by atoms with van der Waals surface area (Å²) in [5.41, 5.74) is 2.10. The zero-order chi connectivity index (χ0) is 13.9. The van der Waals surface area contributed by atoms with Gasteiger partial charge >= 0.3 is 0 Å². The van der Waals surface area contributed by atoms with Crippen molar-refractivity contribution < 1.29 is 9.59 Å². The Morgan fingerprint density at radius 2 is 1.61 bits per heavy atom. The van der Waals surface area contributed by atoms with E-state index in [4.69, 9.17) is 0 Å². The minimum atomic E-state index is -0.423. The largest absolute Gasteiger partial charge is 0.345 e. The van der Waals surface area contributed by atoms with E-state index in [0.29, 0.717) is 5.56 Å². The van der Waals surface area contributed by atoms with Crippen molar-refractivity contribution in [1.82, 2.24) is 5.32 Å². The zero-order valence-electron chi connectivity index (χ0n) is 11.8. The Morgan fingerprint density at radius 3 is 2.06 bits per heavy atom. The van der Waals surface area contributed by atoms with Gasteiger partial charge in [0.1, 0.15) is 0 Å². The fourth-order valence-corrected chi connectivity index (χ4v) is 1.69. The van der Waals surface area contributed by atoms with Crippen molar-refractivity contribution in [3.8, 4) is 0 Å². The molecule has 0 bridgehead atoms. The SMILES string of the molecule is Cc1cccc(C)c1C(=O)NCC(=O)C(C)(C)C. The van der Waals surface area contributed by atoms with E-state index < -0.39 is 5.41 Å². The average Bonchev–Trinajstić information content (AvgIpc) is 2.24. The predicted molar refractivity (Wildman–Crippen MR) is 72.7 cm³/mol. The van der Waals surface area contributed by atoms with Gasteiger partial charge in [-0.2, -0.15) is 0 Å². The van der Waals surface area contributed by atoms with Crippen LogP contribution >= 0.6 is 0 Å². The lowest BCUT2D eigenvalue weighted by Gasteiger charge is -2.17. The van der Waals surface area contributed by atoms with Gasteiger partial charge in [0.05, 0.1) is 6.54 Å². The van der Waals surface area contributed by atoms with Crippen LogP contribution in [0.1, 0.15) is 42.3 Å². The molecule has 1 aromatic rings. The van der Waals surface area contributed by atoms with E-state index in [0.717, 1.165) is 11.1 Å². The highest BCUT2D eigenvalue weighted by atomic mass is 16.2. The number of ketones is 1. The first-order valence-corrected chi connectivity index (χ1v) is 6.11. The van der Waals surface area contributed by atoms with Crippen molar-refractivity contribution in [3.63, 3.8) is 0 Å². The molecule has 1 rings (SSSR count). The molecule has 1 amide bonds. The summed E-state index contributed by atoms with van der Waals surface area (Å²) >= 11 is 0. The molecule has 0 spiro atoms. The smallest absolute Gasteiger partial charge is 0.252 e. The summed E-state index contributed by atoms with van der Waals surface area (Å²) in [5.74, 6) is -0.148. The molecule has 0 aromatic heterocycles. The molecule has 0 heterocycles. The molecule has 0 saturated carbocycles. The van der Waals surface area contributed by atoms with Gasteiger partial charge in [-0.15, -0.1) is 0 Å². The normalized spacial score (nSPS) is 11.2. The average molecular weight is 247 g/mol. The van der Waals surface area contributed by atoms with Crippen LogP contribution in [0.5, 0.6) is 0 Å². The van der Waals surface area contributed by atoms with Crippen LogP contribution in [0.2, 0.25) is 0 Å². The number of hydrogen-bond donors (Lipinski definition) is 1. The van der Waals surface area contributed by atoms with Gasteiger partial charge in [0, 0.05) is 11.0 Å². The lowest BCUT2D eigenvalue weighted by molar-refractivity contribution is -0.125. The molecule has 0 aliphatic heterocycles. The molecule has 0 atom stereocenters. The first-order valence-electron chi connectivity index (χ1n) is 6.11. The van der Waals surface area contributed by atoms with E-state index in [9.17, 15) is 9.59 Å². The molecule has 0 aliphatic carbocycles. The van der Waals surface area contributed by atoms with Crippen molar-refractivity contribution >= 4 is 11.7 Å². The van der Waals surface area contributed by atoms with Gasteiger partial charge in [0.25, 0.3) is 5.91 Å². The quantitative estimate of drug-likeness (QED) is 0.892. The van der Waals surface area contributed by atoms with Gasteiger partial charge in [-0.3, -0.25) is 9.59 Å². The van der Waals surface area contributed by atoms with Crippen molar-refractivity contribution in [1.29, 1.82) is 0 Å². The fraction of sp³-hybridized carbons (Fsp3) is 0.467. The van der Waals surface area contributed by atoms with E-state index >= 15 is 0 Å². The summed E-state index contributed by atoms with van der Waals surface area (Å²) in [6, 6.07) is 5.71. The molecule has 0 saturated heterocycles. The zero-order valence-corrected chi connectivity index (χ0v) is 11.8. The maximum absolute atomic E-state index is 12.1. The van der Waals surface area contributed by atoms with Crippen LogP contribution in [-0.4, -0.2) is 18.2 Å². The van der Waals surface area contributed by atoms with Crippen LogP contribution in [0.15, 0.2) is 18.2 Å². The number of carbonyl (C=O) groups excluding carboxylic acids is 2. The Morgan fingerprint density at radius 1 is 1.11 bits per heavy atom. The molecule has 18 heavy (non-hydrogen) atoms. The second-order valence-corrected chi connectivity index (χ2v) is 5.62. The number of rotatable bonds is 3. The first-order chi connectivity index (χ1) is 8.23. The van der Waals surface area contributed by atoms with Gasteiger partial charge in [0.2, 0.25) is 0 Å². The Bertz CT molecular complexity index is 450. The van der Waals surface area contributed by atoms with E-state index in [1.54, 1.807) is 0 Å². The number of benzene rings is 1. The van der Waals surface area contributed by atoms with E-state index in [1.807, 2.05) is 52.8 Å². The number of hydrogen-bond acceptors (Lipinski definition) is 2. The van der Waals surface area contributed by atoms with Gasteiger partial charge in [-0.25, -0.2) is 0 Å². The van der Waals surface area contributed by atoms with Crippen LogP contribution in [-0.2, 0) is 4.79 Å². The molecule has 0 fully saturated rings. The Labute approximate surface area is 109 Å². The molecular formula is C15H21NO2. The third-order valence-corrected chi connectivity index (χ3v) is 2.95. The molecule has 0 aliphatic rings. The molecule has 3 nitrogen and oxygen atoms in total. The molecular weight excluding hydrogens is 226 g/mol. The lowest BCUT2D eigenvalue weighted by atomic mass is 9.91. The van der Waals surface area contributed by atoms with E-state index in [1.165, 1.54) is 0 Å². The third kappa shape index (κ3) is 3.42. The molecule has 0 radical (unpaired) electrons. The molecule has 1 aromatic carbocycles. The molecule has 98 valence electrons. The summed E-state index contributed by atoms with van der Waals surface area (Å²) in [7, 11) is 0. The Kier molecular flexibility index (Phi) is 4.28. The van der Waals surface area contributed by atoms with Gasteiger partial charge < -0.3 is 5.32 Å². The Hall–Kier alpha value is -1.64. The third-order valence-electron chi connectivity index (χ3n) is 2.95. The van der Waals surface area contributed by atoms with Gasteiger partial charge in [-0.05, 0) is 25.0 Å². The minimum Gasteiger partial charge on any atom is -0.345 e. The maximum Gasteiger partial charge on any atom is 0.252 e. The highest BCUT2D eigenvalue weighted by Crippen LogP contribution is 2.15. The minimum absolute atomic E-state index is 0.0297. The summed E-state index contributed by atoms with van der Waals surface area (Å²) in [6.45, 7) is 9.42. The van der Waals surface area contributed by atoms with Crippen LogP contribution in [0, 0.1) is 19.3 Å². The number of nitrogens with one attached hydrogen (secondary N) is 1. The van der Waals surface area contributed by atoms with Crippen molar-refractivity contribution in [2.24, 2.45) is 5.41 Å². The highest BCUT2D eigenvalue weighted by Gasteiger charge is 2.22. The van der Waals surface area contributed by atoms with Crippen LogP contribution in [0.4, 0.5) is 0 Å². The first kappa shape index (κ1) is 14.4. The van der Waals surface area contributed by atoms with Crippen molar-refractivity contribution in [3.05, 3.63) is 34.9 Å². The van der Waals surface area contributed by atoms with Gasteiger partial charge in [0.15, 0.2) is 5.78 Å². The monoisotopic (exact) mass is 247 g/mol. The number of amides is 1. The van der Waals surface area contributed by atoms with Crippen LogP contribution < -0.4 is 5.32 Å². The Balaban J connectivity index is 2.76. The lowest BCUT2D eigenvalue weighted by Crippen LogP contribution is -2.36. The second-order valence-electron chi connectivity index (χ2n) is 5.62. The standard InChI is InChI=1S/C15H21NO2/c1-10-7-6-8-11(2)13(10)14(18)16-9-12(17)15(3,4)5/h6-8H,9H2,1-5H3,(H,16,18). The summed E-state index contributed by atoms with van der Waals surface area (Å²) in [6.07, 6.45) is 0. The van der Waals surface area contributed by atoms with Crippen LogP contribution in [0.3, 0.4) is 0 Å². The number of carbonyl (C=O) groups is 2. The predicted octanol–water partition coefficient (Wildman–Crippen LogP) is 2.65. The highest BCUT2D eigenvalue weighted by molar-refractivity contribution is 5.99. The van der Waals surface area contributed by atoms with E-state index in [-0.39, 0.29) is 18.2 Å².